The third-order valence-corrected chi connectivity index (χ3v) is 0. The van der Waals surface area contributed by atoms with Gasteiger partial charge in [-0.2, -0.15) is 0 Å². The minimum Gasteiger partial charge on any atom is -1.00 e. The van der Waals surface area contributed by atoms with Crippen molar-refractivity contribution in [2.75, 3.05) is 0 Å². The molecule has 0 saturated carbocycles. The molecule has 0 heterocycles. The van der Waals surface area contributed by atoms with Crippen molar-refractivity contribution in [3.8, 4) is 0 Å². The van der Waals surface area contributed by atoms with Gasteiger partial charge in [-0.25, -0.2) is 0 Å². The second kappa shape index (κ2) is 38.5. The Kier molecular flexibility index (Phi) is 354. The van der Waals surface area contributed by atoms with E-state index in [2.05, 4.69) is 0 Å². The molecule has 0 N–H and O–H groups in total. The zero-order valence-electron chi connectivity index (χ0n) is 1.99. The van der Waals surface area contributed by atoms with Gasteiger partial charge in [-0.3, -0.25) is 0 Å². The molecule has 0 bridgehead atoms. The molecule has 0 fully saturated rings. The minimum absolute atomic E-state index is 0. The van der Waals surface area contributed by atoms with Crippen LogP contribution in [-0.2, 0) is 26.2 Å². The topological polar surface area (TPSA) is 0 Å². The fourth-order valence-corrected chi connectivity index (χ4v) is 0. The average Bonchev–Trinajstić information content (AvgIpc) is 0. The zero-order chi connectivity index (χ0) is 0. The summed E-state index contributed by atoms with van der Waals surface area (Å²) in [6.45, 7) is 0. The van der Waals surface area contributed by atoms with Crippen molar-refractivity contribution in [1.29, 1.82) is 0 Å². The molecule has 6 heteroatoms. The van der Waals surface area contributed by atoms with Crippen molar-refractivity contribution >= 4 is 48.9 Å². The summed E-state index contributed by atoms with van der Waals surface area (Å²) < 4.78 is 0. The molecule has 0 unspecified atom stereocenters. The molecule has 6 heavy (non-hydrogen) atoms. The van der Waals surface area contributed by atoms with Crippen LogP contribution in [0.1, 0.15) is 0 Å². The van der Waals surface area contributed by atoms with Crippen LogP contribution >= 0.6 is 0 Å². The average molecular weight is 445 g/mol. The maximum absolute atomic E-state index is 0. The molecule has 0 aromatic rings. The quantitative estimate of drug-likeness (QED) is 0.326. The first-order valence-corrected chi connectivity index (χ1v) is 0. The first-order valence-electron chi connectivity index (χ1n) is 0. The number of hydrogen-bond donors (Lipinski definition) is 0. The van der Waals surface area contributed by atoms with E-state index in [4.69, 9.17) is 0 Å². The Hall–Kier alpha value is 3.57. The van der Waals surface area contributed by atoms with Gasteiger partial charge in [0, 0.05) is 26.2 Å². The first-order chi connectivity index (χ1) is 0. The van der Waals surface area contributed by atoms with Gasteiger partial charge in [0.25, 0.3) is 0 Å². The summed E-state index contributed by atoms with van der Waals surface area (Å²) in [4.78, 5) is 0. The van der Waals surface area contributed by atoms with E-state index in [1.165, 1.54) is 0 Å². The zero-order valence-corrected chi connectivity index (χ0v) is 6.71. The molecule has 0 aromatic heterocycles. The first kappa shape index (κ1) is 55.2. The Bertz CT molecular complexity index is 10.8. The van der Waals surface area contributed by atoms with E-state index < -0.39 is 0 Å². The van der Waals surface area contributed by atoms with Crippen LogP contribution in [0.2, 0.25) is 0 Å². The smallest absolute Gasteiger partial charge is 1.00 e. The summed E-state index contributed by atoms with van der Waals surface area (Å²) in [5.41, 5.74) is 0. The van der Waals surface area contributed by atoms with Crippen LogP contribution in [0.4, 0.5) is 0 Å². The molecule has 0 nitrogen and oxygen atoms in total. The molecule has 0 aliphatic rings. The molecule has 0 aliphatic carbocycles. The fourth-order valence-electron chi connectivity index (χ4n) is 0. The Morgan fingerprint density at radius 1 is 0.667 bits per heavy atom. The van der Waals surface area contributed by atoms with Crippen molar-refractivity contribution in [1.82, 2.24) is 0 Å². The number of hydrogen-bond acceptors (Lipinski definition) is 0. The molecule has 0 rings (SSSR count). The van der Waals surface area contributed by atoms with Gasteiger partial charge < -0.3 is 14.1 Å². The normalized spacial score (nSPS) is 0. The molecule has 0 spiro atoms. The van der Waals surface area contributed by atoms with E-state index in [0.29, 0.717) is 0 Å². The van der Waals surface area contributed by atoms with Gasteiger partial charge in [0.15, 0.2) is 0 Å². The molecule has 0 atom stereocenters. The van der Waals surface area contributed by atoms with E-state index >= 15 is 0 Å². The Balaban J connectivity index is 0. The van der Waals surface area contributed by atoms with E-state index in [1.807, 2.05) is 0 Å². The second-order valence-electron chi connectivity index (χ2n) is 0. The van der Waals surface area contributed by atoms with Gasteiger partial charge in [0.05, 0.1) is 0 Å². The third kappa shape index (κ3) is 25.6. The van der Waals surface area contributed by atoms with E-state index in [0.717, 1.165) is 0 Å². The molecular weight excluding hydrogens is 443 g/mol. The van der Waals surface area contributed by atoms with Crippen molar-refractivity contribution in [2.24, 2.45) is 0 Å². The van der Waals surface area contributed by atoms with Gasteiger partial charge in [-0.05, 0) is 0 Å². The van der Waals surface area contributed by atoms with Crippen LogP contribution < -0.4 is 14.1 Å². The SMILES string of the molecule is [BaH2].[F-].[F-].[F-].[Gd+3].[Zr]. The Labute approximate surface area is 126 Å². The maximum atomic E-state index is 0. The predicted octanol–water partition coefficient (Wildman–Crippen LogP) is -9.91. The maximum Gasteiger partial charge on any atom is 3.00 e. The Morgan fingerprint density at radius 2 is 0.667 bits per heavy atom. The van der Waals surface area contributed by atoms with Crippen LogP contribution in [0.5, 0.6) is 0 Å². The summed E-state index contributed by atoms with van der Waals surface area (Å²) in [6.07, 6.45) is 0. The van der Waals surface area contributed by atoms with Gasteiger partial charge in [0.2, 0.25) is 0 Å². The molecule has 0 aromatic carbocycles. The predicted molar refractivity (Wildman–Crippen MR) is 8.54 cm³/mol. The minimum atomic E-state index is 0. The van der Waals surface area contributed by atoms with Crippen molar-refractivity contribution in [3.63, 3.8) is 0 Å². The molecule has 37 valence electrons. The molecule has 0 aliphatic heterocycles. The van der Waals surface area contributed by atoms with E-state index in [9.17, 15) is 0 Å². The van der Waals surface area contributed by atoms with Gasteiger partial charge in [-0.1, -0.05) is 0 Å². The van der Waals surface area contributed by atoms with Crippen LogP contribution in [0.15, 0.2) is 0 Å². The second-order valence-corrected chi connectivity index (χ2v) is 0. The van der Waals surface area contributed by atoms with E-state index in [-0.39, 0.29) is 129 Å². The van der Waals surface area contributed by atoms with Crippen LogP contribution in [-0.4, -0.2) is 48.9 Å². The van der Waals surface area contributed by atoms with Gasteiger partial charge in [0.1, 0.15) is 0 Å². The fraction of sp³-hybridized carbons (Fsp3) is 0. The molecule has 0 amide bonds. The van der Waals surface area contributed by atoms with E-state index in [1.54, 1.807) is 0 Å². The number of halogens is 3. The summed E-state index contributed by atoms with van der Waals surface area (Å²) in [7, 11) is 0. The monoisotopic (exact) mass is 445 g/mol. The summed E-state index contributed by atoms with van der Waals surface area (Å²) in [6, 6.07) is 0. The molecule has 0 saturated heterocycles. The third-order valence-electron chi connectivity index (χ3n) is 0. The van der Waals surface area contributed by atoms with Gasteiger partial charge in [-0.15, -0.1) is 0 Å². The molecule has 1 radical (unpaired) electrons. The Morgan fingerprint density at radius 3 is 0.667 bits per heavy atom. The van der Waals surface area contributed by atoms with Crippen molar-refractivity contribution in [2.45, 2.75) is 0 Å². The summed E-state index contributed by atoms with van der Waals surface area (Å²) in [5, 5.41) is 0. The van der Waals surface area contributed by atoms with Gasteiger partial charge >= 0.3 is 88.8 Å². The van der Waals surface area contributed by atoms with Crippen molar-refractivity contribution in [3.05, 3.63) is 0 Å². The largest absolute Gasteiger partial charge is 3.00 e. The van der Waals surface area contributed by atoms with Crippen LogP contribution in [0.3, 0.4) is 0 Å². The summed E-state index contributed by atoms with van der Waals surface area (Å²) in [5.74, 6) is 0. The van der Waals surface area contributed by atoms with Crippen LogP contribution in [0, 0.1) is 39.9 Å². The summed E-state index contributed by atoms with van der Waals surface area (Å²) >= 11 is 0. The standard InChI is InChI=1S/Ba.3FH.Gd.Zr.2H/h;3*1H;;;;/q;;;;+3;;;/p-3. The van der Waals surface area contributed by atoms with Crippen molar-refractivity contribution < 1.29 is 80.3 Å². The number of rotatable bonds is 0. The molecular formula is H2BaF3GdZr. The van der Waals surface area contributed by atoms with Crippen LogP contribution in [0.25, 0.3) is 0 Å².